The molecule has 0 aliphatic heterocycles. The Balaban J connectivity index is 2.16. The van der Waals surface area contributed by atoms with Crippen LogP contribution in [0.15, 0.2) is 0 Å². The normalized spacial score (nSPS) is 22.7. The summed E-state index contributed by atoms with van der Waals surface area (Å²) in [6.07, 6.45) is 2.25. The molecule has 0 saturated heterocycles. The number of rotatable bonds is 4. The van der Waals surface area contributed by atoms with E-state index in [0.717, 1.165) is 12.8 Å². The Morgan fingerprint density at radius 1 is 1.82 bits per heavy atom. The average molecular weight is 158 g/mol. The third-order valence-corrected chi connectivity index (χ3v) is 2.07. The monoisotopic (exact) mass is 158 g/mol. The molecule has 0 aromatic rings. The molecule has 11 heavy (non-hydrogen) atoms. The fraction of sp³-hybridized carbons (Fsp3) is 0.857. The summed E-state index contributed by atoms with van der Waals surface area (Å²) in [4.78, 5) is 10.3. The predicted molar refractivity (Wildman–Crippen MR) is 41.3 cm³/mol. The molecular weight excluding hydrogens is 144 g/mol. The Hall–Kier alpha value is -0.610. The van der Waals surface area contributed by atoms with E-state index in [0.29, 0.717) is 6.54 Å². The number of carbonyl (C=O) groups is 1. The van der Waals surface area contributed by atoms with Gasteiger partial charge in [-0.05, 0) is 19.8 Å². The molecule has 0 amide bonds. The Labute approximate surface area is 65.8 Å². The summed E-state index contributed by atoms with van der Waals surface area (Å²) in [5, 5.41) is 11.5. The summed E-state index contributed by atoms with van der Waals surface area (Å²) in [6.45, 7) is 2.44. The van der Waals surface area contributed by atoms with E-state index in [1.54, 1.807) is 0 Å². The molecule has 1 fully saturated rings. The molecule has 1 saturated carbocycles. The Kier molecular flexibility index (Phi) is 2.15. The van der Waals surface area contributed by atoms with E-state index in [2.05, 4.69) is 12.2 Å². The van der Waals surface area contributed by atoms with Gasteiger partial charge in [0.05, 0.1) is 0 Å². The Morgan fingerprint density at radius 2 is 2.36 bits per heavy atom. The molecule has 1 rings (SSSR count). The lowest BCUT2D eigenvalue weighted by atomic mass is 10.2. The minimum Gasteiger partial charge on any atom is -0.480 e. The number of hydrogen-bond donors (Lipinski definition) is 3. The molecule has 0 bridgehead atoms. The van der Waals surface area contributed by atoms with E-state index in [9.17, 15) is 4.79 Å². The van der Waals surface area contributed by atoms with Crippen LogP contribution in [0.1, 0.15) is 19.8 Å². The van der Waals surface area contributed by atoms with E-state index in [-0.39, 0.29) is 5.54 Å². The molecule has 0 aromatic carbocycles. The lowest BCUT2D eigenvalue weighted by Crippen LogP contribution is -2.44. The van der Waals surface area contributed by atoms with Crippen LogP contribution in [0, 0.1) is 0 Å². The fourth-order valence-corrected chi connectivity index (χ4v) is 0.808. The zero-order valence-corrected chi connectivity index (χ0v) is 6.63. The molecule has 1 atom stereocenters. The molecule has 1 unspecified atom stereocenters. The lowest BCUT2D eigenvalue weighted by Gasteiger charge is -2.13. The van der Waals surface area contributed by atoms with Crippen LogP contribution in [0.25, 0.3) is 0 Å². The zero-order valence-electron chi connectivity index (χ0n) is 6.63. The zero-order chi connectivity index (χ0) is 8.48. The van der Waals surface area contributed by atoms with Gasteiger partial charge in [0, 0.05) is 12.1 Å². The van der Waals surface area contributed by atoms with Crippen LogP contribution < -0.4 is 11.1 Å². The van der Waals surface area contributed by atoms with Crippen LogP contribution in [-0.2, 0) is 4.79 Å². The number of nitrogens with two attached hydrogens (primary N) is 1. The topological polar surface area (TPSA) is 75.3 Å². The van der Waals surface area contributed by atoms with Gasteiger partial charge < -0.3 is 16.2 Å². The molecular formula is C7H14N2O2. The first-order chi connectivity index (χ1) is 5.03. The van der Waals surface area contributed by atoms with Crippen LogP contribution in [0.5, 0.6) is 0 Å². The molecule has 4 heteroatoms. The Bertz CT molecular complexity index is 166. The van der Waals surface area contributed by atoms with Crippen molar-refractivity contribution in [1.82, 2.24) is 5.32 Å². The van der Waals surface area contributed by atoms with E-state index in [1.165, 1.54) is 0 Å². The maximum Gasteiger partial charge on any atom is 0.321 e. The van der Waals surface area contributed by atoms with Gasteiger partial charge in [-0.15, -0.1) is 0 Å². The van der Waals surface area contributed by atoms with Gasteiger partial charge in [0.2, 0.25) is 0 Å². The van der Waals surface area contributed by atoms with Gasteiger partial charge in [0.25, 0.3) is 0 Å². The smallest absolute Gasteiger partial charge is 0.321 e. The highest BCUT2D eigenvalue weighted by molar-refractivity contribution is 5.73. The van der Waals surface area contributed by atoms with Crippen molar-refractivity contribution in [2.24, 2.45) is 5.73 Å². The summed E-state index contributed by atoms with van der Waals surface area (Å²) in [5.74, 6) is -0.943. The molecule has 4 nitrogen and oxygen atoms in total. The minimum absolute atomic E-state index is 0.174. The number of carboxylic acid groups (broad SMARTS) is 1. The van der Waals surface area contributed by atoms with Crippen molar-refractivity contribution >= 4 is 5.97 Å². The second-order valence-corrected chi connectivity index (χ2v) is 3.39. The van der Waals surface area contributed by atoms with Gasteiger partial charge >= 0.3 is 5.97 Å². The second-order valence-electron chi connectivity index (χ2n) is 3.39. The second kappa shape index (κ2) is 2.79. The number of hydrogen-bond acceptors (Lipinski definition) is 3. The van der Waals surface area contributed by atoms with Crippen molar-refractivity contribution in [2.45, 2.75) is 31.3 Å². The van der Waals surface area contributed by atoms with Crippen LogP contribution in [0.2, 0.25) is 0 Å². The largest absolute Gasteiger partial charge is 0.480 e. The number of carboxylic acids is 1. The van der Waals surface area contributed by atoms with Crippen molar-refractivity contribution in [3.8, 4) is 0 Å². The summed E-state index contributed by atoms with van der Waals surface area (Å²) >= 11 is 0. The maximum absolute atomic E-state index is 10.3. The third-order valence-electron chi connectivity index (χ3n) is 2.07. The quantitative estimate of drug-likeness (QED) is 0.517. The van der Waals surface area contributed by atoms with Crippen molar-refractivity contribution < 1.29 is 9.90 Å². The molecule has 1 aliphatic carbocycles. The molecule has 0 aromatic heterocycles. The van der Waals surface area contributed by atoms with E-state index in [4.69, 9.17) is 10.8 Å². The summed E-state index contributed by atoms with van der Waals surface area (Å²) in [6, 6.07) is -0.771. The van der Waals surface area contributed by atoms with Crippen molar-refractivity contribution in [2.75, 3.05) is 6.54 Å². The van der Waals surface area contributed by atoms with Crippen molar-refractivity contribution in [3.05, 3.63) is 0 Å². The summed E-state index contributed by atoms with van der Waals surface area (Å²) in [7, 11) is 0. The highest BCUT2D eigenvalue weighted by Crippen LogP contribution is 2.33. The summed E-state index contributed by atoms with van der Waals surface area (Å²) < 4.78 is 0. The van der Waals surface area contributed by atoms with Crippen molar-refractivity contribution in [3.63, 3.8) is 0 Å². The predicted octanol–water partition coefficient (Wildman–Crippen LogP) is -0.460. The first-order valence-corrected chi connectivity index (χ1v) is 3.77. The highest BCUT2D eigenvalue weighted by Gasteiger charge is 2.37. The van der Waals surface area contributed by atoms with Crippen molar-refractivity contribution in [1.29, 1.82) is 0 Å². The SMILES string of the molecule is CC1(NCC(N)C(=O)O)CC1. The standard InChI is InChI=1S/C7H14N2O2/c1-7(2-3-7)9-4-5(8)6(10)11/h5,9H,2-4,8H2,1H3,(H,10,11). The van der Waals surface area contributed by atoms with Gasteiger partial charge in [-0.25, -0.2) is 0 Å². The highest BCUT2D eigenvalue weighted by atomic mass is 16.4. The number of nitrogens with one attached hydrogen (secondary N) is 1. The first kappa shape index (κ1) is 8.49. The minimum atomic E-state index is -0.943. The molecule has 0 spiro atoms. The van der Waals surface area contributed by atoms with Gasteiger partial charge in [-0.1, -0.05) is 0 Å². The number of aliphatic carboxylic acids is 1. The van der Waals surface area contributed by atoms with E-state index < -0.39 is 12.0 Å². The van der Waals surface area contributed by atoms with Gasteiger partial charge in [-0.3, -0.25) is 4.79 Å². The van der Waals surface area contributed by atoms with Gasteiger partial charge in [0.15, 0.2) is 0 Å². The summed E-state index contributed by atoms with van der Waals surface area (Å²) in [5.41, 5.74) is 5.46. The molecule has 0 heterocycles. The van der Waals surface area contributed by atoms with Gasteiger partial charge in [0.1, 0.15) is 6.04 Å². The average Bonchev–Trinajstić information content (AvgIpc) is 2.64. The fourth-order valence-electron chi connectivity index (χ4n) is 0.808. The first-order valence-electron chi connectivity index (χ1n) is 3.77. The molecule has 0 radical (unpaired) electrons. The third kappa shape index (κ3) is 2.48. The lowest BCUT2D eigenvalue weighted by molar-refractivity contribution is -0.138. The van der Waals surface area contributed by atoms with Gasteiger partial charge in [-0.2, -0.15) is 0 Å². The maximum atomic E-state index is 10.3. The Morgan fingerprint density at radius 3 is 2.73 bits per heavy atom. The molecule has 4 N–H and O–H groups in total. The van der Waals surface area contributed by atoms with Crippen LogP contribution >= 0.6 is 0 Å². The molecule has 1 aliphatic rings. The van der Waals surface area contributed by atoms with Crippen LogP contribution in [-0.4, -0.2) is 29.2 Å². The van der Waals surface area contributed by atoms with Crippen LogP contribution in [0.4, 0.5) is 0 Å². The molecule has 64 valence electrons. The van der Waals surface area contributed by atoms with Crippen LogP contribution in [0.3, 0.4) is 0 Å². The van der Waals surface area contributed by atoms with E-state index in [1.807, 2.05) is 0 Å². The van der Waals surface area contributed by atoms with E-state index >= 15 is 0 Å².